The summed E-state index contributed by atoms with van der Waals surface area (Å²) in [5.74, 6) is -1.04. The van der Waals surface area contributed by atoms with Gasteiger partial charge in [0.2, 0.25) is 5.95 Å². The molecule has 0 saturated carbocycles. The molecule has 1 fully saturated rings. The van der Waals surface area contributed by atoms with E-state index in [1.165, 1.54) is 0 Å². The second-order valence-electron chi connectivity index (χ2n) is 8.65. The Morgan fingerprint density at radius 1 is 1.26 bits per heavy atom. The van der Waals surface area contributed by atoms with Crippen LogP contribution in [0.4, 0.5) is 10.3 Å². The number of hydrogen-bond acceptors (Lipinski definition) is 8. The molecule has 0 bridgehead atoms. The normalized spacial score (nSPS) is 19.6. The standard InChI is InChI=1S/C24H26FN7O2S/c1-15(2)20-18(25)10-28-22(29-20)32-12-17(13-33)24(14-32,19-11-26-8-9-27-19)31-23(35)30-21(34)16-6-4-3-5-7-16/h3-11,15,17,33H,12-14H2,1-2H3,(H2,30,31,34,35). The molecule has 182 valence electrons. The van der Waals surface area contributed by atoms with Gasteiger partial charge in [0, 0.05) is 30.4 Å². The van der Waals surface area contributed by atoms with Crippen LogP contribution in [0.3, 0.4) is 0 Å². The SMILES string of the molecule is CC(C)c1nc(N2CC(CO)C(NC(=S)NC(=O)c3ccccc3)(c3cnccn3)C2)ncc1F. The number of rotatable bonds is 6. The minimum absolute atomic E-state index is 0.0766. The second kappa shape index (κ2) is 10.4. The number of aliphatic hydroxyl groups is 1. The fourth-order valence-corrected chi connectivity index (χ4v) is 4.51. The van der Waals surface area contributed by atoms with Gasteiger partial charge < -0.3 is 15.3 Å². The summed E-state index contributed by atoms with van der Waals surface area (Å²) in [5, 5.41) is 16.3. The molecule has 2 aromatic heterocycles. The predicted octanol–water partition coefficient (Wildman–Crippen LogP) is 2.16. The molecule has 0 spiro atoms. The lowest BCUT2D eigenvalue weighted by atomic mass is 9.84. The number of amides is 1. The third-order valence-electron chi connectivity index (χ3n) is 6.01. The first-order valence-electron chi connectivity index (χ1n) is 11.2. The van der Waals surface area contributed by atoms with Gasteiger partial charge in [-0.3, -0.25) is 20.1 Å². The van der Waals surface area contributed by atoms with Gasteiger partial charge in [-0.25, -0.2) is 14.4 Å². The number of aliphatic hydroxyl groups excluding tert-OH is 1. The van der Waals surface area contributed by atoms with Crippen LogP contribution in [0.1, 0.15) is 41.5 Å². The van der Waals surface area contributed by atoms with Crippen molar-refractivity contribution in [2.75, 3.05) is 24.6 Å². The summed E-state index contributed by atoms with van der Waals surface area (Å²) in [6.45, 7) is 4.09. The van der Waals surface area contributed by atoms with E-state index in [0.717, 1.165) is 6.20 Å². The van der Waals surface area contributed by atoms with E-state index < -0.39 is 17.3 Å². The molecule has 0 aliphatic carbocycles. The van der Waals surface area contributed by atoms with E-state index in [1.807, 2.05) is 24.8 Å². The number of carbonyl (C=O) groups excluding carboxylic acids is 1. The smallest absolute Gasteiger partial charge is 0.257 e. The molecule has 2 atom stereocenters. The Hall–Kier alpha value is -3.57. The molecule has 3 heterocycles. The van der Waals surface area contributed by atoms with Crippen LogP contribution in [0.2, 0.25) is 0 Å². The van der Waals surface area contributed by atoms with Gasteiger partial charge in [-0.2, -0.15) is 0 Å². The number of benzene rings is 1. The Morgan fingerprint density at radius 3 is 2.69 bits per heavy atom. The van der Waals surface area contributed by atoms with E-state index >= 15 is 0 Å². The molecule has 9 nitrogen and oxygen atoms in total. The summed E-state index contributed by atoms with van der Waals surface area (Å²) >= 11 is 5.49. The van der Waals surface area contributed by atoms with E-state index in [0.29, 0.717) is 29.4 Å². The molecule has 3 N–H and O–H groups in total. The number of aromatic nitrogens is 4. The number of nitrogens with one attached hydrogen (secondary N) is 2. The zero-order valence-corrected chi connectivity index (χ0v) is 20.2. The molecule has 35 heavy (non-hydrogen) atoms. The monoisotopic (exact) mass is 495 g/mol. The molecule has 2 unspecified atom stereocenters. The van der Waals surface area contributed by atoms with Crippen LogP contribution in [0, 0.1) is 11.7 Å². The fraction of sp³-hybridized carbons (Fsp3) is 0.333. The Kier molecular flexibility index (Phi) is 7.27. The molecule has 0 radical (unpaired) electrons. The first-order chi connectivity index (χ1) is 16.8. The number of hydrogen-bond donors (Lipinski definition) is 3. The van der Waals surface area contributed by atoms with Crippen molar-refractivity contribution in [3.05, 3.63) is 77.9 Å². The maximum atomic E-state index is 14.2. The minimum atomic E-state index is -1.01. The van der Waals surface area contributed by atoms with Crippen LogP contribution >= 0.6 is 12.2 Å². The highest BCUT2D eigenvalue weighted by molar-refractivity contribution is 7.80. The molecule has 4 rings (SSSR count). The third kappa shape index (κ3) is 5.10. The van der Waals surface area contributed by atoms with Crippen LogP contribution in [0.25, 0.3) is 0 Å². The van der Waals surface area contributed by atoms with Crippen LogP contribution in [0.5, 0.6) is 0 Å². The van der Waals surface area contributed by atoms with Crippen molar-refractivity contribution < 1.29 is 14.3 Å². The maximum absolute atomic E-state index is 14.2. The van der Waals surface area contributed by atoms with Gasteiger partial charge in [0.1, 0.15) is 5.54 Å². The molecule has 1 aliphatic rings. The highest BCUT2D eigenvalue weighted by atomic mass is 32.1. The quantitative estimate of drug-likeness (QED) is 0.442. The first-order valence-corrected chi connectivity index (χ1v) is 11.6. The van der Waals surface area contributed by atoms with E-state index in [-0.39, 0.29) is 30.1 Å². The van der Waals surface area contributed by atoms with Crippen LogP contribution in [0.15, 0.2) is 55.1 Å². The Morgan fingerprint density at radius 2 is 2.03 bits per heavy atom. The van der Waals surface area contributed by atoms with Crippen molar-refractivity contribution in [1.82, 2.24) is 30.6 Å². The van der Waals surface area contributed by atoms with Crippen LogP contribution in [-0.2, 0) is 5.54 Å². The minimum Gasteiger partial charge on any atom is -0.396 e. The van der Waals surface area contributed by atoms with Crippen molar-refractivity contribution >= 4 is 29.2 Å². The summed E-state index contributed by atoms with van der Waals surface area (Å²) in [6.07, 6.45) is 5.84. The highest BCUT2D eigenvalue weighted by Crippen LogP contribution is 2.37. The van der Waals surface area contributed by atoms with Crippen molar-refractivity contribution in [2.45, 2.75) is 25.3 Å². The van der Waals surface area contributed by atoms with Crippen LogP contribution < -0.4 is 15.5 Å². The maximum Gasteiger partial charge on any atom is 0.257 e. The van der Waals surface area contributed by atoms with Crippen molar-refractivity contribution in [1.29, 1.82) is 0 Å². The summed E-state index contributed by atoms with van der Waals surface area (Å²) in [5.41, 5.74) is 0.285. The molecule has 1 amide bonds. The average molecular weight is 496 g/mol. The van der Waals surface area contributed by atoms with Crippen LogP contribution in [-0.4, -0.2) is 55.8 Å². The molecule has 1 saturated heterocycles. The predicted molar refractivity (Wildman–Crippen MR) is 132 cm³/mol. The molecule has 3 aromatic rings. The van der Waals surface area contributed by atoms with Gasteiger partial charge >= 0.3 is 0 Å². The largest absolute Gasteiger partial charge is 0.396 e. The Balaban J connectivity index is 1.65. The first kappa shape index (κ1) is 24.6. The summed E-state index contributed by atoms with van der Waals surface area (Å²) < 4.78 is 14.2. The summed E-state index contributed by atoms with van der Waals surface area (Å²) in [6, 6.07) is 8.71. The van der Waals surface area contributed by atoms with Gasteiger partial charge in [-0.05, 0) is 30.3 Å². The van der Waals surface area contributed by atoms with Gasteiger partial charge in [-0.1, -0.05) is 32.0 Å². The Labute approximate surface area is 207 Å². The van der Waals surface area contributed by atoms with E-state index in [2.05, 4.69) is 30.6 Å². The lowest BCUT2D eigenvalue weighted by Gasteiger charge is -2.35. The topological polar surface area (TPSA) is 116 Å². The summed E-state index contributed by atoms with van der Waals surface area (Å²) in [4.78, 5) is 31.8. The molecular formula is C24H26FN7O2S. The second-order valence-corrected chi connectivity index (χ2v) is 9.06. The third-order valence-corrected chi connectivity index (χ3v) is 6.21. The highest BCUT2D eigenvalue weighted by Gasteiger charge is 2.50. The zero-order chi connectivity index (χ0) is 25.0. The average Bonchev–Trinajstić information content (AvgIpc) is 3.24. The number of anilines is 1. The summed E-state index contributed by atoms with van der Waals surface area (Å²) in [7, 11) is 0. The van der Waals surface area contributed by atoms with E-state index in [9.17, 15) is 14.3 Å². The molecule has 11 heteroatoms. The van der Waals surface area contributed by atoms with Gasteiger partial charge in [0.05, 0.1) is 36.9 Å². The Bertz CT molecular complexity index is 1200. The van der Waals surface area contributed by atoms with Gasteiger partial charge in [0.15, 0.2) is 10.9 Å². The number of halogens is 1. The van der Waals surface area contributed by atoms with E-state index in [1.54, 1.807) is 42.9 Å². The lowest BCUT2D eigenvalue weighted by molar-refractivity contribution is 0.0975. The number of thiocarbonyl (C=S) groups is 1. The van der Waals surface area contributed by atoms with Crippen molar-refractivity contribution in [3.63, 3.8) is 0 Å². The number of carbonyl (C=O) groups is 1. The van der Waals surface area contributed by atoms with Crippen molar-refractivity contribution in [2.24, 2.45) is 5.92 Å². The fourth-order valence-electron chi connectivity index (χ4n) is 4.23. The molecule has 1 aromatic carbocycles. The van der Waals surface area contributed by atoms with Crippen molar-refractivity contribution in [3.8, 4) is 0 Å². The van der Waals surface area contributed by atoms with Gasteiger partial charge in [0.25, 0.3) is 5.91 Å². The van der Waals surface area contributed by atoms with E-state index in [4.69, 9.17) is 12.2 Å². The molecule has 1 aliphatic heterocycles. The molecular weight excluding hydrogens is 469 g/mol. The van der Waals surface area contributed by atoms with Gasteiger partial charge in [-0.15, -0.1) is 0 Å². The number of nitrogens with zero attached hydrogens (tertiary/aromatic N) is 5. The lowest BCUT2D eigenvalue weighted by Crippen LogP contribution is -2.56. The zero-order valence-electron chi connectivity index (χ0n) is 19.3.